The van der Waals surface area contributed by atoms with Crippen LogP contribution in [0.15, 0.2) is 97.2 Å². The molecule has 0 radical (unpaired) electrons. The Balaban J connectivity index is 1.39. The number of nitrogens with zero attached hydrogens (tertiary/aromatic N) is 1. The van der Waals surface area contributed by atoms with E-state index in [1.165, 1.54) is 22.1 Å². The van der Waals surface area contributed by atoms with Crippen molar-refractivity contribution in [3.63, 3.8) is 0 Å². The summed E-state index contributed by atoms with van der Waals surface area (Å²) in [4.78, 5) is 4.78. The van der Waals surface area contributed by atoms with Crippen LogP contribution in [0.25, 0.3) is 22.4 Å². The number of hydrogen-bond acceptors (Lipinski definition) is 3. The highest BCUT2D eigenvalue weighted by Crippen LogP contribution is 2.39. The Kier molecular flexibility index (Phi) is 5.70. The molecule has 0 atom stereocenters. The van der Waals surface area contributed by atoms with Crippen molar-refractivity contribution in [2.75, 3.05) is 0 Å². The van der Waals surface area contributed by atoms with E-state index in [9.17, 15) is 0 Å². The van der Waals surface area contributed by atoms with E-state index in [-0.39, 0.29) is 17.5 Å². The van der Waals surface area contributed by atoms with Gasteiger partial charge in [0.2, 0.25) is 0 Å². The Morgan fingerprint density at radius 3 is 1.59 bits per heavy atom. The van der Waals surface area contributed by atoms with Gasteiger partial charge in [0.15, 0.2) is 0 Å². The molecular weight excluding hydrogens is 501 g/mol. The van der Waals surface area contributed by atoms with Crippen LogP contribution in [-0.2, 0) is 10.8 Å². The van der Waals surface area contributed by atoms with E-state index in [0.29, 0.717) is 0 Å². The maximum atomic E-state index is 6.66. The summed E-state index contributed by atoms with van der Waals surface area (Å²) in [6.07, 6.45) is 1.94. The molecule has 0 saturated carbocycles. The first-order valence-corrected chi connectivity index (χ1v) is 14.4. The van der Waals surface area contributed by atoms with Crippen LogP contribution < -0.4 is 25.9 Å². The first kappa shape index (κ1) is 25.6. The molecule has 2 aliphatic heterocycles. The van der Waals surface area contributed by atoms with E-state index in [0.717, 1.165) is 50.8 Å². The van der Waals surface area contributed by atoms with Gasteiger partial charge in [0, 0.05) is 22.8 Å². The maximum absolute atomic E-state index is 6.66. The van der Waals surface area contributed by atoms with Gasteiger partial charge in [-0.1, -0.05) is 102 Å². The zero-order chi connectivity index (χ0) is 28.5. The highest BCUT2D eigenvalue weighted by atomic mass is 16.5. The minimum atomic E-state index is 0.0299. The highest BCUT2D eigenvalue weighted by Gasteiger charge is 2.41. The molecule has 0 unspecified atom stereocenters. The fourth-order valence-corrected chi connectivity index (χ4v) is 5.95. The molecule has 4 heteroatoms. The molecule has 7 rings (SSSR count). The lowest BCUT2D eigenvalue weighted by Gasteiger charge is -2.35. The van der Waals surface area contributed by atoms with Gasteiger partial charge in [0.05, 0.1) is 5.69 Å². The monoisotopic (exact) mass is 535 g/mol. The van der Waals surface area contributed by atoms with Crippen LogP contribution in [0.1, 0.15) is 52.7 Å². The predicted octanol–water partition coefficient (Wildman–Crippen LogP) is 7.74. The van der Waals surface area contributed by atoms with Gasteiger partial charge >= 0.3 is 0 Å². The molecule has 0 fully saturated rings. The number of aromatic nitrogens is 1. The SMILES string of the molecule is CC(C)(C)c1ccc2c(c1)B1c3cc(C(C)(C)C)ccc3Oc3cc(-c4ccc(-c5ccccc5)nc4)cc(c31)O2. The second-order valence-corrected chi connectivity index (χ2v) is 13.3. The third-order valence-corrected chi connectivity index (χ3v) is 8.37. The van der Waals surface area contributed by atoms with Gasteiger partial charge in [0.1, 0.15) is 23.0 Å². The maximum Gasteiger partial charge on any atom is 0.260 e. The highest BCUT2D eigenvalue weighted by molar-refractivity contribution is 6.98. The molecule has 5 aromatic rings. The molecule has 3 heterocycles. The summed E-state index contributed by atoms with van der Waals surface area (Å²) >= 11 is 0. The molecular formula is C37H34BNO2. The lowest BCUT2D eigenvalue weighted by molar-refractivity contribution is 0.464. The largest absolute Gasteiger partial charge is 0.458 e. The molecule has 0 saturated heterocycles. The Bertz CT molecular complexity index is 1710. The number of fused-ring (bicyclic) bond motifs is 4. The first-order chi connectivity index (χ1) is 19.6. The van der Waals surface area contributed by atoms with Gasteiger partial charge < -0.3 is 9.47 Å². The zero-order valence-corrected chi connectivity index (χ0v) is 24.6. The second kappa shape index (κ2) is 9.11. The molecule has 0 spiro atoms. The smallest absolute Gasteiger partial charge is 0.260 e. The van der Waals surface area contributed by atoms with Gasteiger partial charge in [0.25, 0.3) is 6.71 Å². The van der Waals surface area contributed by atoms with Gasteiger partial charge in [-0.2, -0.15) is 0 Å². The fourth-order valence-electron chi connectivity index (χ4n) is 5.95. The minimum absolute atomic E-state index is 0.0299. The Morgan fingerprint density at radius 1 is 0.537 bits per heavy atom. The predicted molar refractivity (Wildman–Crippen MR) is 170 cm³/mol. The van der Waals surface area contributed by atoms with Crippen LogP contribution in [0.2, 0.25) is 0 Å². The summed E-state index contributed by atoms with van der Waals surface area (Å²) in [5, 5.41) is 0. The lowest BCUT2D eigenvalue weighted by Crippen LogP contribution is -2.57. The molecule has 0 aliphatic carbocycles. The summed E-state index contributed by atoms with van der Waals surface area (Å²) in [6.45, 7) is 13.6. The summed E-state index contributed by atoms with van der Waals surface area (Å²) in [5.74, 6) is 3.50. The minimum Gasteiger partial charge on any atom is -0.458 e. The number of ether oxygens (including phenoxy) is 2. The van der Waals surface area contributed by atoms with Crippen LogP contribution in [0, 0.1) is 0 Å². The van der Waals surface area contributed by atoms with Crippen molar-refractivity contribution in [1.29, 1.82) is 0 Å². The second-order valence-electron chi connectivity index (χ2n) is 13.3. The molecule has 41 heavy (non-hydrogen) atoms. The van der Waals surface area contributed by atoms with Crippen LogP contribution in [0.5, 0.6) is 23.0 Å². The average Bonchev–Trinajstić information content (AvgIpc) is 2.96. The van der Waals surface area contributed by atoms with Gasteiger partial charge in [-0.3, -0.25) is 4.98 Å². The van der Waals surface area contributed by atoms with Crippen molar-refractivity contribution >= 4 is 23.1 Å². The van der Waals surface area contributed by atoms with Crippen LogP contribution in [0.3, 0.4) is 0 Å². The van der Waals surface area contributed by atoms with Crippen molar-refractivity contribution in [3.05, 3.63) is 108 Å². The molecule has 202 valence electrons. The first-order valence-electron chi connectivity index (χ1n) is 14.4. The van der Waals surface area contributed by atoms with Crippen LogP contribution in [-0.4, -0.2) is 11.7 Å². The van der Waals surface area contributed by atoms with Crippen molar-refractivity contribution < 1.29 is 9.47 Å². The van der Waals surface area contributed by atoms with Gasteiger partial charge in [-0.15, -0.1) is 0 Å². The van der Waals surface area contributed by atoms with Crippen LogP contribution in [0.4, 0.5) is 0 Å². The molecule has 0 N–H and O–H groups in total. The van der Waals surface area contributed by atoms with E-state index in [4.69, 9.17) is 14.5 Å². The van der Waals surface area contributed by atoms with E-state index in [1.807, 2.05) is 24.4 Å². The van der Waals surface area contributed by atoms with Gasteiger partial charge in [-0.05, 0) is 68.8 Å². The third kappa shape index (κ3) is 4.43. The average molecular weight is 535 g/mol. The van der Waals surface area contributed by atoms with Gasteiger partial charge in [-0.25, -0.2) is 0 Å². The normalized spacial score (nSPS) is 13.5. The lowest BCUT2D eigenvalue weighted by atomic mass is 9.34. The summed E-state index contributed by atoms with van der Waals surface area (Å²) in [7, 11) is 0. The number of benzene rings is 4. The molecule has 0 amide bonds. The Hall–Kier alpha value is -4.31. The van der Waals surface area contributed by atoms with Crippen LogP contribution >= 0.6 is 0 Å². The Labute approximate surface area is 243 Å². The van der Waals surface area contributed by atoms with E-state index >= 15 is 0 Å². The molecule has 1 aromatic heterocycles. The molecule has 2 aliphatic rings. The number of hydrogen-bond donors (Lipinski definition) is 0. The summed E-state index contributed by atoms with van der Waals surface area (Å²) in [6, 6.07) is 32.1. The van der Waals surface area contributed by atoms with Crippen molar-refractivity contribution in [1.82, 2.24) is 4.98 Å². The number of rotatable bonds is 2. The molecule has 0 bridgehead atoms. The molecule has 4 aromatic carbocycles. The fraction of sp³-hybridized carbons (Fsp3) is 0.216. The summed E-state index contributed by atoms with van der Waals surface area (Å²) in [5.41, 5.74) is 10.2. The van der Waals surface area contributed by atoms with E-state index in [1.54, 1.807) is 0 Å². The zero-order valence-electron chi connectivity index (χ0n) is 24.6. The topological polar surface area (TPSA) is 31.4 Å². The third-order valence-electron chi connectivity index (χ3n) is 8.37. The number of pyridine rings is 1. The summed E-state index contributed by atoms with van der Waals surface area (Å²) < 4.78 is 13.3. The standard InChI is InChI=1S/C37H34BNO2/c1-36(2,3)26-13-16-31-28(20-26)38-29-21-27(37(4,5)6)14-17-32(29)41-34-19-25(18-33(40-31)35(34)38)24-12-15-30(39-22-24)23-10-8-7-9-11-23/h7-22H,1-6H3. The Morgan fingerprint density at radius 2 is 1.10 bits per heavy atom. The van der Waals surface area contributed by atoms with Crippen molar-refractivity contribution in [2.24, 2.45) is 0 Å². The quantitative estimate of drug-likeness (QED) is 0.212. The van der Waals surface area contributed by atoms with E-state index in [2.05, 4.69) is 114 Å². The molecule has 3 nitrogen and oxygen atoms in total. The van der Waals surface area contributed by atoms with E-state index < -0.39 is 0 Å². The van der Waals surface area contributed by atoms with Crippen molar-refractivity contribution in [3.8, 4) is 45.4 Å². The van der Waals surface area contributed by atoms with Crippen molar-refractivity contribution in [2.45, 2.75) is 52.4 Å².